The first-order chi connectivity index (χ1) is 5.74. The van der Waals surface area contributed by atoms with E-state index in [1.54, 1.807) is 6.92 Å². The van der Waals surface area contributed by atoms with Crippen molar-refractivity contribution in [3.63, 3.8) is 0 Å². The summed E-state index contributed by atoms with van der Waals surface area (Å²) in [6.45, 7) is 6.44. The van der Waals surface area contributed by atoms with Crippen LogP contribution in [-0.4, -0.2) is 19.3 Å². The molecular weight excluding hydrogens is 177 g/mol. The van der Waals surface area contributed by atoms with Crippen LogP contribution in [-0.2, 0) is 13.6 Å². The summed E-state index contributed by atoms with van der Waals surface area (Å²) in [5.74, 6) is 0. The smallest absolute Gasteiger partial charge is 0.313 e. The van der Waals surface area contributed by atoms with Gasteiger partial charge in [0.1, 0.15) is 6.10 Å². The number of nitriles is 1. The highest BCUT2D eigenvalue weighted by molar-refractivity contribution is 7.41. The van der Waals surface area contributed by atoms with E-state index in [1.165, 1.54) is 0 Å². The normalized spacial score (nSPS) is 12.9. The fourth-order valence-electron chi connectivity index (χ4n) is 0.462. The minimum Gasteiger partial charge on any atom is -0.313 e. The van der Waals surface area contributed by atoms with E-state index in [-0.39, 0.29) is 0 Å². The molecule has 0 amide bonds. The van der Waals surface area contributed by atoms with Crippen LogP contribution < -0.4 is 0 Å². The molecule has 5 heteroatoms. The third-order valence-electron chi connectivity index (χ3n) is 0.895. The molecule has 70 valence electrons. The third kappa shape index (κ3) is 5.45. The van der Waals surface area contributed by atoms with Crippen molar-refractivity contribution in [3.8, 4) is 6.07 Å². The summed E-state index contributed by atoms with van der Waals surface area (Å²) in [5.41, 5.74) is 0. The second-order valence-corrected chi connectivity index (χ2v) is 3.11. The minimum absolute atomic E-state index is 0.478. The van der Waals surface area contributed by atoms with Crippen molar-refractivity contribution in [3.05, 3.63) is 0 Å². The Morgan fingerprint density at radius 1 is 1.33 bits per heavy atom. The average Bonchev–Trinajstić information content (AvgIpc) is 2.05. The molecule has 0 aromatic carbocycles. The number of hydrogen-bond donors (Lipinski definition) is 0. The van der Waals surface area contributed by atoms with E-state index in [2.05, 4.69) is 0 Å². The Kier molecular flexibility index (Phi) is 7.33. The number of hydrogen-bond acceptors (Lipinski definition) is 4. The molecule has 0 spiro atoms. The Morgan fingerprint density at radius 2 is 1.83 bits per heavy atom. The zero-order valence-corrected chi connectivity index (χ0v) is 8.51. The van der Waals surface area contributed by atoms with Crippen LogP contribution in [0.5, 0.6) is 0 Å². The predicted molar refractivity (Wildman–Crippen MR) is 46.3 cm³/mol. The quantitative estimate of drug-likeness (QED) is 0.604. The first-order valence-electron chi connectivity index (χ1n) is 3.86. The van der Waals surface area contributed by atoms with Crippen molar-refractivity contribution in [1.29, 1.82) is 5.26 Å². The van der Waals surface area contributed by atoms with Gasteiger partial charge in [-0.15, -0.1) is 0 Å². The van der Waals surface area contributed by atoms with Crippen molar-refractivity contribution in [2.75, 3.05) is 13.2 Å². The lowest BCUT2D eigenvalue weighted by atomic mass is 10.5. The lowest BCUT2D eigenvalue weighted by molar-refractivity contribution is 0.155. The van der Waals surface area contributed by atoms with Crippen LogP contribution in [0.2, 0.25) is 0 Å². The summed E-state index contributed by atoms with van der Waals surface area (Å²) in [7, 11) is -1.33. The standard InChI is InChI=1S/C7H14NO3P/c1-4-9-12(10-5-2)11-7(3)6-8/h7H,4-5H2,1-3H3. The molecule has 0 fully saturated rings. The second kappa shape index (κ2) is 7.45. The van der Waals surface area contributed by atoms with Gasteiger partial charge in [-0.3, -0.25) is 4.52 Å². The van der Waals surface area contributed by atoms with Crippen molar-refractivity contribution >= 4 is 8.60 Å². The summed E-state index contributed by atoms with van der Waals surface area (Å²) in [4.78, 5) is 0. The minimum atomic E-state index is -1.33. The van der Waals surface area contributed by atoms with Crippen molar-refractivity contribution in [2.24, 2.45) is 0 Å². The molecule has 12 heavy (non-hydrogen) atoms. The molecular formula is C7H14NO3P. The van der Waals surface area contributed by atoms with Crippen LogP contribution in [0.25, 0.3) is 0 Å². The van der Waals surface area contributed by atoms with E-state index < -0.39 is 14.7 Å². The highest BCUT2D eigenvalue weighted by atomic mass is 31.2. The Hall–Kier alpha value is -0.200. The Morgan fingerprint density at radius 3 is 2.17 bits per heavy atom. The Labute approximate surface area is 74.4 Å². The summed E-state index contributed by atoms with van der Waals surface area (Å²) in [5, 5.41) is 8.44. The molecule has 0 bridgehead atoms. The molecule has 0 N–H and O–H groups in total. The van der Waals surface area contributed by atoms with E-state index in [0.717, 1.165) is 0 Å². The zero-order valence-electron chi connectivity index (χ0n) is 7.61. The Balaban J connectivity index is 3.70. The molecule has 0 aliphatic heterocycles. The fourth-order valence-corrected chi connectivity index (χ4v) is 1.38. The first-order valence-corrected chi connectivity index (χ1v) is 4.96. The maximum Gasteiger partial charge on any atom is 0.333 e. The van der Waals surface area contributed by atoms with Gasteiger partial charge < -0.3 is 9.05 Å². The maximum absolute atomic E-state index is 8.44. The van der Waals surface area contributed by atoms with Gasteiger partial charge in [0.15, 0.2) is 0 Å². The van der Waals surface area contributed by atoms with Gasteiger partial charge in [-0.1, -0.05) is 0 Å². The van der Waals surface area contributed by atoms with Crippen molar-refractivity contribution in [2.45, 2.75) is 26.9 Å². The fraction of sp³-hybridized carbons (Fsp3) is 0.857. The molecule has 0 aliphatic rings. The van der Waals surface area contributed by atoms with Crippen LogP contribution in [0.15, 0.2) is 0 Å². The molecule has 1 atom stereocenters. The highest BCUT2D eigenvalue weighted by Gasteiger charge is 2.14. The zero-order chi connectivity index (χ0) is 9.40. The maximum atomic E-state index is 8.44. The van der Waals surface area contributed by atoms with Crippen molar-refractivity contribution in [1.82, 2.24) is 0 Å². The summed E-state index contributed by atoms with van der Waals surface area (Å²) in [6, 6.07) is 1.95. The summed E-state index contributed by atoms with van der Waals surface area (Å²) in [6.07, 6.45) is -0.478. The molecule has 0 saturated heterocycles. The third-order valence-corrected chi connectivity index (χ3v) is 2.32. The molecule has 0 radical (unpaired) electrons. The lowest BCUT2D eigenvalue weighted by Crippen LogP contribution is -2.04. The molecule has 4 nitrogen and oxygen atoms in total. The first kappa shape index (κ1) is 11.8. The van der Waals surface area contributed by atoms with E-state index in [9.17, 15) is 0 Å². The van der Waals surface area contributed by atoms with Crippen LogP contribution in [0.1, 0.15) is 20.8 Å². The largest absolute Gasteiger partial charge is 0.333 e. The van der Waals surface area contributed by atoms with Crippen molar-refractivity contribution < 1.29 is 13.6 Å². The van der Waals surface area contributed by atoms with Crippen LogP contribution in [0.4, 0.5) is 0 Å². The van der Waals surface area contributed by atoms with E-state index in [1.807, 2.05) is 19.9 Å². The van der Waals surface area contributed by atoms with Gasteiger partial charge in [0.05, 0.1) is 19.3 Å². The van der Waals surface area contributed by atoms with Gasteiger partial charge in [-0.05, 0) is 20.8 Å². The van der Waals surface area contributed by atoms with Crippen LogP contribution in [0.3, 0.4) is 0 Å². The molecule has 0 heterocycles. The summed E-state index contributed by atoms with van der Waals surface area (Å²) >= 11 is 0. The highest BCUT2D eigenvalue weighted by Crippen LogP contribution is 2.40. The number of rotatable bonds is 6. The molecule has 0 aromatic heterocycles. The Bertz CT molecular complexity index is 142. The van der Waals surface area contributed by atoms with Gasteiger partial charge in [0.25, 0.3) is 0 Å². The molecule has 0 aliphatic carbocycles. The van der Waals surface area contributed by atoms with Gasteiger partial charge >= 0.3 is 8.60 Å². The number of nitrogens with zero attached hydrogens (tertiary/aromatic N) is 1. The van der Waals surface area contributed by atoms with E-state index in [0.29, 0.717) is 13.2 Å². The average molecular weight is 191 g/mol. The topological polar surface area (TPSA) is 51.5 Å². The molecule has 0 saturated carbocycles. The molecule has 0 rings (SSSR count). The van der Waals surface area contributed by atoms with Crippen LogP contribution >= 0.6 is 8.60 Å². The molecule has 0 aromatic rings. The molecule has 1 unspecified atom stereocenters. The van der Waals surface area contributed by atoms with Crippen LogP contribution in [0, 0.1) is 11.3 Å². The lowest BCUT2D eigenvalue weighted by Gasteiger charge is -2.15. The van der Waals surface area contributed by atoms with Gasteiger partial charge in [-0.2, -0.15) is 5.26 Å². The predicted octanol–water partition coefficient (Wildman–Crippen LogP) is 2.21. The monoisotopic (exact) mass is 191 g/mol. The SMILES string of the molecule is CCOP(OCC)OC(C)C#N. The van der Waals surface area contributed by atoms with Gasteiger partial charge in [0.2, 0.25) is 0 Å². The van der Waals surface area contributed by atoms with E-state index >= 15 is 0 Å². The van der Waals surface area contributed by atoms with Gasteiger partial charge in [-0.25, -0.2) is 0 Å². The summed E-state index contributed by atoms with van der Waals surface area (Å²) < 4.78 is 15.4. The van der Waals surface area contributed by atoms with E-state index in [4.69, 9.17) is 18.8 Å². The second-order valence-electron chi connectivity index (χ2n) is 1.94. The van der Waals surface area contributed by atoms with Gasteiger partial charge in [0, 0.05) is 0 Å².